The average Bonchev–Trinajstić information content (AvgIpc) is 2.75. The molecule has 0 aliphatic heterocycles. The summed E-state index contributed by atoms with van der Waals surface area (Å²) in [5, 5.41) is 16.1. The number of halogens is 1. The topological polar surface area (TPSA) is 67.2 Å². The minimum atomic E-state index is -0.579. The van der Waals surface area contributed by atoms with Crippen molar-refractivity contribution >= 4 is 5.91 Å². The van der Waals surface area contributed by atoms with Crippen LogP contribution in [0.4, 0.5) is 4.39 Å². The first kappa shape index (κ1) is 13.1. The third-order valence-corrected chi connectivity index (χ3v) is 2.66. The highest BCUT2D eigenvalue weighted by molar-refractivity contribution is 5.96. The van der Waals surface area contributed by atoms with Crippen LogP contribution >= 0.6 is 0 Å². The molecule has 0 bridgehead atoms. The molecule has 2 aromatic rings. The van der Waals surface area contributed by atoms with E-state index in [1.165, 1.54) is 6.07 Å². The number of rotatable bonds is 4. The van der Waals surface area contributed by atoms with Gasteiger partial charge in [0.2, 0.25) is 0 Å². The molecule has 0 atom stereocenters. The van der Waals surface area contributed by atoms with Crippen molar-refractivity contribution in [3.05, 3.63) is 47.5 Å². The predicted molar refractivity (Wildman–Crippen MR) is 67.3 cm³/mol. The molecule has 0 radical (unpaired) electrons. The molecular formula is C13H14FN3O2. The molecule has 0 fully saturated rings. The van der Waals surface area contributed by atoms with Crippen LogP contribution in [0.5, 0.6) is 5.75 Å². The van der Waals surface area contributed by atoms with Gasteiger partial charge < -0.3 is 10.4 Å². The molecule has 0 aliphatic rings. The highest BCUT2D eigenvalue weighted by atomic mass is 19.1. The van der Waals surface area contributed by atoms with Gasteiger partial charge in [-0.25, -0.2) is 4.39 Å². The summed E-state index contributed by atoms with van der Waals surface area (Å²) in [4.78, 5) is 11.8. The maximum atomic E-state index is 12.8. The lowest BCUT2D eigenvalue weighted by Crippen LogP contribution is -2.25. The van der Waals surface area contributed by atoms with Gasteiger partial charge >= 0.3 is 0 Å². The largest absolute Gasteiger partial charge is 0.507 e. The molecule has 100 valence electrons. The van der Waals surface area contributed by atoms with E-state index >= 15 is 0 Å². The molecular weight excluding hydrogens is 249 g/mol. The first-order chi connectivity index (χ1) is 9.06. The molecule has 0 saturated heterocycles. The maximum absolute atomic E-state index is 12.8. The SMILES string of the molecule is Cn1cc(CCNC(=O)c2ccc(F)cc2O)cn1. The summed E-state index contributed by atoms with van der Waals surface area (Å²) < 4.78 is 14.5. The fraction of sp³-hybridized carbons (Fsp3) is 0.231. The Hall–Kier alpha value is -2.37. The van der Waals surface area contributed by atoms with Crippen LogP contribution in [0.25, 0.3) is 0 Å². The van der Waals surface area contributed by atoms with Gasteiger partial charge in [-0.3, -0.25) is 9.48 Å². The number of aryl methyl sites for hydroxylation is 1. The van der Waals surface area contributed by atoms with Gasteiger partial charge in [0, 0.05) is 25.9 Å². The van der Waals surface area contributed by atoms with Crippen molar-refractivity contribution < 1.29 is 14.3 Å². The number of aromatic nitrogens is 2. The molecule has 0 aliphatic carbocycles. The van der Waals surface area contributed by atoms with Crippen LogP contribution in [0.3, 0.4) is 0 Å². The van der Waals surface area contributed by atoms with Gasteiger partial charge in [0.15, 0.2) is 0 Å². The summed E-state index contributed by atoms with van der Waals surface area (Å²) in [5.41, 5.74) is 1.07. The van der Waals surface area contributed by atoms with Gasteiger partial charge in [0.25, 0.3) is 5.91 Å². The summed E-state index contributed by atoms with van der Waals surface area (Å²) in [5.74, 6) is -1.37. The minimum Gasteiger partial charge on any atom is -0.507 e. The summed E-state index contributed by atoms with van der Waals surface area (Å²) in [7, 11) is 1.82. The Balaban J connectivity index is 1.90. The van der Waals surface area contributed by atoms with Gasteiger partial charge in [0.1, 0.15) is 11.6 Å². The molecule has 19 heavy (non-hydrogen) atoms. The molecule has 1 amide bonds. The zero-order valence-corrected chi connectivity index (χ0v) is 10.4. The third kappa shape index (κ3) is 3.31. The second kappa shape index (κ2) is 5.51. The monoisotopic (exact) mass is 263 g/mol. The first-order valence-corrected chi connectivity index (χ1v) is 5.80. The second-order valence-corrected chi connectivity index (χ2v) is 4.19. The van der Waals surface area contributed by atoms with E-state index in [-0.39, 0.29) is 11.3 Å². The molecule has 1 aromatic carbocycles. The fourth-order valence-corrected chi connectivity index (χ4v) is 1.71. The van der Waals surface area contributed by atoms with E-state index in [1.54, 1.807) is 10.9 Å². The van der Waals surface area contributed by atoms with E-state index in [0.29, 0.717) is 13.0 Å². The number of phenols is 1. The Kier molecular flexibility index (Phi) is 3.79. The molecule has 2 rings (SSSR count). The fourth-order valence-electron chi connectivity index (χ4n) is 1.71. The summed E-state index contributed by atoms with van der Waals surface area (Å²) in [6.45, 7) is 0.418. The van der Waals surface area contributed by atoms with Gasteiger partial charge in [-0.2, -0.15) is 5.10 Å². The van der Waals surface area contributed by atoms with Crippen LogP contribution in [-0.2, 0) is 13.5 Å². The molecule has 5 nitrogen and oxygen atoms in total. The number of nitrogens with zero attached hydrogens (tertiary/aromatic N) is 2. The van der Waals surface area contributed by atoms with Crippen molar-refractivity contribution in [1.82, 2.24) is 15.1 Å². The summed E-state index contributed by atoms with van der Waals surface area (Å²) in [6.07, 6.45) is 4.23. The van der Waals surface area contributed by atoms with E-state index < -0.39 is 11.7 Å². The van der Waals surface area contributed by atoms with E-state index in [1.807, 2.05) is 13.2 Å². The molecule has 1 heterocycles. The molecule has 2 N–H and O–H groups in total. The van der Waals surface area contributed by atoms with Crippen LogP contribution < -0.4 is 5.32 Å². The van der Waals surface area contributed by atoms with Crippen LogP contribution in [0, 0.1) is 5.82 Å². The zero-order chi connectivity index (χ0) is 13.8. The lowest BCUT2D eigenvalue weighted by molar-refractivity contribution is 0.0951. The number of phenolic OH excluding ortho intramolecular Hbond substituents is 1. The standard InChI is InChI=1S/C13H14FN3O2/c1-17-8-9(7-16-17)4-5-15-13(19)11-3-2-10(14)6-12(11)18/h2-3,6-8,18H,4-5H2,1H3,(H,15,19). The Morgan fingerprint density at radius 3 is 2.95 bits per heavy atom. The zero-order valence-electron chi connectivity index (χ0n) is 10.4. The van der Waals surface area contributed by atoms with Crippen LogP contribution in [0.2, 0.25) is 0 Å². The average molecular weight is 263 g/mol. The summed E-state index contributed by atoms with van der Waals surface area (Å²) >= 11 is 0. The van der Waals surface area contributed by atoms with Crippen molar-refractivity contribution in [2.45, 2.75) is 6.42 Å². The number of carbonyl (C=O) groups excluding carboxylic acids is 1. The third-order valence-electron chi connectivity index (χ3n) is 2.66. The van der Waals surface area contributed by atoms with Crippen molar-refractivity contribution in [1.29, 1.82) is 0 Å². The molecule has 0 saturated carbocycles. The predicted octanol–water partition coefficient (Wildman–Crippen LogP) is 1.24. The van der Waals surface area contributed by atoms with E-state index in [4.69, 9.17) is 0 Å². The second-order valence-electron chi connectivity index (χ2n) is 4.19. The number of aromatic hydroxyl groups is 1. The number of hydrogen-bond acceptors (Lipinski definition) is 3. The Bertz CT molecular complexity index is 595. The minimum absolute atomic E-state index is 0.0626. The lowest BCUT2D eigenvalue weighted by Gasteiger charge is -2.06. The number of nitrogens with one attached hydrogen (secondary N) is 1. The number of hydrogen-bond donors (Lipinski definition) is 2. The van der Waals surface area contributed by atoms with E-state index in [9.17, 15) is 14.3 Å². The van der Waals surface area contributed by atoms with Crippen molar-refractivity contribution in [3.8, 4) is 5.75 Å². The molecule has 1 aromatic heterocycles. The first-order valence-electron chi connectivity index (χ1n) is 5.80. The Labute approximate surface area is 109 Å². The van der Waals surface area contributed by atoms with Crippen LogP contribution in [-0.4, -0.2) is 27.3 Å². The number of benzene rings is 1. The normalized spacial score (nSPS) is 10.4. The van der Waals surface area contributed by atoms with Crippen molar-refractivity contribution in [3.63, 3.8) is 0 Å². The Morgan fingerprint density at radius 1 is 1.53 bits per heavy atom. The smallest absolute Gasteiger partial charge is 0.255 e. The van der Waals surface area contributed by atoms with Gasteiger partial charge in [-0.05, 0) is 24.1 Å². The molecule has 6 heteroatoms. The highest BCUT2D eigenvalue weighted by Crippen LogP contribution is 2.17. The van der Waals surface area contributed by atoms with Gasteiger partial charge in [-0.15, -0.1) is 0 Å². The Morgan fingerprint density at radius 2 is 2.32 bits per heavy atom. The van der Waals surface area contributed by atoms with Gasteiger partial charge in [0.05, 0.1) is 11.8 Å². The number of amides is 1. The van der Waals surface area contributed by atoms with Crippen LogP contribution in [0.1, 0.15) is 15.9 Å². The van der Waals surface area contributed by atoms with Crippen molar-refractivity contribution in [2.24, 2.45) is 7.05 Å². The van der Waals surface area contributed by atoms with Crippen LogP contribution in [0.15, 0.2) is 30.6 Å². The lowest BCUT2D eigenvalue weighted by atomic mass is 10.2. The van der Waals surface area contributed by atoms with E-state index in [0.717, 1.165) is 17.7 Å². The van der Waals surface area contributed by atoms with E-state index in [2.05, 4.69) is 10.4 Å². The maximum Gasteiger partial charge on any atom is 0.255 e. The quantitative estimate of drug-likeness (QED) is 0.872. The van der Waals surface area contributed by atoms with Crippen molar-refractivity contribution in [2.75, 3.05) is 6.54 Å². The summed E-state index contributed by atoms with van der Waals surface area (Å²) in [6, 6.07) is 3.30. The molecule has 0 spiro atoms. The highest BCUT2D eigenvalue weighted by Gasteiger charge is 2.11. The molecule has 0 unspecified atom stereocenters. The number of carbonyl (C=O) groups is 1. The van der Waals surface area contributed by atoms with Gasteiger partial charge in [-0.1, -0.05) is 0 Å².